The highest BCUT2D eigenvalue weighted by atomic mass is 32.1. The lowest BCUT2D eigenvalue weighted by Crippen LogP contribution is -2.17. The van der Waals surface area contributed by atoms with E-state index in [0.717, 1.165) is 12.1 Å². The highest BCUT2D eigenvalue weighted by Gasteiger charge is 2.19. The first-order valence-corrected chi connectivity index (χ1v) is 6.03. The standard InChI is InChI=1S/C12H13FN2S/c13-9-5-2-6-10-11(9)14-12(16)15(10)7-8-3-1-4-8/h2,5-6,8H,1,3-4,7H2,(H,14,16). The smallest absolute Gasteiger partial charge is 0.178 e. The van der Waals surface area contributed by atoms with Crippen LogP contribution in [0.15, 0.2) is 18.2 Å². The average molecular weight is 236 g/mol. The molecule has 2 nitrogen and oxygen atoms in total. The minimum Gasteiger partial charge on any atom is -0.328 e. The van der Waals surface area contributed by atoms with Crippen LogP contribution in [-0.2, 0) is 6.54 Å². The van der Waals surface area contributed by atoms with Crippen molar-refractivity contribution < 1.29 is 4.39 Å². The van der Waals surface area contributed by atoms with Gasteiger partial charge in [-0.15, -0.1) is 0 Å². The van der Waals surface area contributed by atoms with Crippen molar-refractivity contribution in [3.63, 3.8) is 0 Å². The molecule has 0 unspecified atom stereocenters. The Balaban J connectivity index is 2.11. The van der Waals surface area contributed by atoms with Crippen LogP contribution in [0.25, 0.3) is 11.0 Å². The van der Waals surface area contributed by atoms with Gasteiger partial charge in [0.2, 0.25) is 0 Å². The largest absolute Gasteiger partial charge is 0.328 e. The maximum atomic E-state index is 13.5. The number of fused-ring (bicyclic) bond motifs is 1. The quantitative estimate of drug-likeness (QED) is 0.789. The Morgan fingerprint density at radius 2 is 2.25 bits per heavy atom. The molecule has 0 spiro atoms. The first-order chi connectivity index (χ1) is 7.75. The fourth-order valence-electron chi connectivity index (χ4n) is 2.26. The number of aromatic amines is 1. The average Bonchev–Trinajstić information content (AvgIpc) is 2.51. The number of nitrogens with one attached hydrogen (secondary N) is 1. The summed E-state index contributed by atoms with van der Waals surface area (Å²) in [6.45, 7) is 0.919. The number of benzene rings is 1. The second-order valence-electron chi connectivity index (χ2n) is 4.47. The van der Waals surface area contributed by atoms with Crippen molar-refractivity contribution >= 4 is 23.3 Å². The van der Waals surface area contributed by atoms with E-state index in [4.69, 9.17) is 12.2 Å². The topological polar surface area (TPSA) is 20.7 Å². The number of halogens is 1. The van der Waals surface area contributed by atoms with Crippen LogP contribution in [0, 0.1) is 16.5 Å². The zero-order valence-electron chi connectivity index (χ0n) is 8.87. The molecule has 1 aromatic heterocycles. The lowest BCUT2D eigenvalue weighted by atomic mass is 9.85. The number of rotatable bonds is 2. The molecular formula is C12H13FN2S. The molecule has 0 aliphatic heterocycles. The van der Waals surface area contributed by atoms with Gasteiger partial charge in [-0.2, -0.15) is 0 Å². The number of nitrogens with zero attached hydrogens (tertiary/aromatic N) is 1. The van der Waals surface area contributed by atoms with Crippen LogP contribution in [0.1, 0.15) is 19.3 Å². The van der Waals surface area contributed by atoms with E-state index in [9.17, 15) is 4.39 Å². The van der Waals surface area contributed by atoms with Gasteiger partial charge in [0.25, 0.3) is 0 Å². The number of imidazole rings is 1. The Bertz CT molecular complexity index is 580. The molecule has 2 aromatic rings. The summed E-state index contributed by atoms with van der Waals surface area (Å²) in [6, 6.07) is 5.11. The zero-order chi connectivity index (χ0) is 11.1. The molecule has 84 valence electrons. The van der Waals surface area contributed by atoms with Crippen LogP contribution in [-0.4, -0.2) is 9.55 Å². The summed E-state index contributed by atoms with van der Waals surface area (Å²) in [4.78, 5) is 2.95. The summed E-state index contributed by atoms with van der Waals surface area (Å²) in [7, 11) is 0. The Morgan fingerprint density at radius 1 is 1.44 bits per heavy atom. The van der Waals surface area contributed by atoms with E-state index in [1.807, 2.05) is 10.6 Å². The Morgan fingerprint density at radius 3 is 2.94 bits per heavy atom. The normalized spacial score (nSPS) is 16.6. The van der Waals surface area contributed by atoms with Crippen LogP contribution in [0.3, 0.4) is 0 Å². The molecule has 0 amide bonds. The number of hydrogen-bond acceptors (Lipinski definition) is 1. The van der Waals surface area contributed by atoms with Gasteiger partial charge in [0.15, 0.2) is 4.77 Å². The summed E-state index contributed by atoms with van der Waals surface area (Å²) in [5, 5.41) is 0. The Kier molecular flexibility index (Phi) is 2.32. The van der Waals surface area contributed by atoms with E-state index < -0.39 is 0 Å². The van der Waals surface area contributed by atoms with Gasteiger partial charge in [-0.3, -0.25) is 0 Å². The van der Waals surface area contributed by atoms with Crippen molar-refractivity contribution in [2.75, 3.05) is 0 Å². The molecule has 16 heavy (non-hydrogen) atoms. The minimum absolute atomic E-state index is 0.226. The van der Waals surface area contributed by atoms with Gasteiger partial charge in [-0.1, -0.05) is 12.5 Å². The second kappa shape index (κ2) is 3.70. The molecule has 3 rings (SSSR count). The van der Waals surface area contributed by atoms with Crippen LogP contribution in [0.5, 0.6) is 0 Å². The van der Waals surface area contributed by atoms with Crippen molar-refractivity contribution in [2.24, 2.45) is 5.92 Å². The van der Waals surface area contributed by atoms with Gasteiger partial charge in [-0.25, -0.2) is 4.39 Å². The first-order valence-electron chi connectivity index (χ1n) is 5.63. The highest BCUT2D eigenvalue weighted by Crippen LogP contribution is 2.29. The lowest BCUT2D eigenvalue weighted by molar-refractivity contribution is 0.278. The van der Waals surface area contributed by atoms with Crippen LogP contribution >= 0.6 is 12.2 Å². The van der Waals surface area contributed by atoms with Crippen molar-refractivity contribution in [2.45, 2.75) is 25.8 Å². The van der Waals surface area contributed by atoms with E-state index in [1.54, 1.807) is 6.07 Å². The third kappa shape index (κ3) is 1.48. The number of aromatic nitrogens is 2. The molecule has 0 radical (unpaired) electrons. The van der Waals surface area contributed by atoms with Gasteiger partial charge < -0.3 is 9.55 Å². The Labute approximate surface area is 98.1 Å². The van der Waals surface area contributed by atoms with Gasteiger partial charge >= 0.3 is 0 Å². The summed E-state index contributed by atoms with van der Waals surface area (Å²) in [5.41, 5.74) is 1.42. The second-order valence-corrected chi connectivity index (χ2v) is 4.86. The van der Waals surface area contributed by atoms with Gasteiger partial charge in [0.1, 0.15) is 11.3 Å². The number of hydrogen-bond donors (Lipinski definition) is 1. The molecule has 0 bridgehead atoms. The first kappa shape index (κ1) is 10.0. The molecule has 1 heterocycles. The highest BCUT2D eigenvalue weighted by molar-refractivity contribution is 7.71. The van der Waals surface area contributed by atoms with Crippen LogP contribution < -0.4 is 0 Å². The van der Waals surface area contributed by atoms with Crippen molar-refractivity contribution in [3.05, 3.63) is 28.8 Å². The van der Waals surface area contributed by atoms with Crippen molar-refractivity contribution in [1.82, 2.24) is 9.55 Å². The molecule has 1 aromatic carbocycles. The molecule has 1 aliphatic rings. The fraction of sp³-hybridized carbons (Fsp3) is 0.417. The summed E-state index contributed by atoms with van der Waals surface area (Å²) in [5.74, 6) is 0.491. The van der Waals surface area contributed by atoms with E-state index >= 15 is 0 Å². The molecule has 4 heteroatoms. The summed E-state index contributed by atoms with van der Waals surface area (Å²) >= 11 is 5.24. The molecule has 1 N–H and O–H groups in total. The molecule has 1 aliphatic carbocycles. The predicted octanol–water partition coefficient (Wildman–Crippen LogP) is 3.64. The van der Waals surface area contributed by atoms with Gasteiger partial charge in [-0.05, 0) is 43.1 Å². The Hall–Kier alpha value is -1.16. The van der Waals surface area contributed by atoms with Crippen molar-refractivity contribution in [3.8, 4) is 0 Å². The molecule has 1 fully saturated rings. The van der Waals surface area contributed by atoms with E-state index in [-0.39, 0.29) is 5.82 Å². The van der Waals surface area contributed by atoms with E-state index in [0.29, 0.717) is 16.2 Å². The van der Waals surface area contributed by atoms with E-state index in [1.165, 1.54) is 25.3 Å². The number of para-hydroxylation sites is 1. The van der Waals surface area contributed by atoms with Crippen LogP contribution in [0.2, 0.25) is 0 Å². The molecule has 1 saturated carbocycles. The fourth-order valence-corrected chi connectivity index (χ4v) is 2.54. The SMILES string of the molecule is Fc1cccc2c1[nH]c(=S)n2CC1CCC1. The minimum atomic E-state index is -0.226. The maximum absolute atomic E-state index is 13.5. The number of H-pyrrole nitrogens is 1. The summed E-state index contributed by atoms with van der Waals surface area (Å²) in [6.07, 6.45) is 3.85. The molecule has 0 saturated heterocycles. The zero-order valence-corrected chi connectivity index (χ0v) is 9.69. The molecule has 0 atom stereocenters. The third-order valence-corrected chi connectivity index (χ3v) is 3.75. The lowest BCUT2D eigenvalue weighted by Gasteiger charge is -2.25. The van der Waals surface area contributed by atoms with Gasteiger partial charge in [0, 0.05) is 6.54 Å². The van der Waals surface area contributed by atoms with Crippen molar-refractivity contribution in [1.29, 1.82) is 0 Å². The third-order valence-electron chi connectivity index (χ3n) is 3.43. The monoisotopic (exact) mass is 236 g/mol. The summed E-state index contributed by atoms with van der Waals surface area (Å²) < 4.78 is 16.2. The predicted molar refractivity (Wildman–Crippen MR) is 64.4 cm³/mol. The maximum Gasteiger partial charge on any atom is 0.178 e. The van der Waals surface area contributed by atoms with Gasteiger partial charge in [0.05, 0.1) is 5.52 Å². The molecular weight excluding hydrogens is 223 g/mol. The van der Waals surface area contributed by atoms with Crippen LogP contribution in [0.4, 0.5) is 4.39 Å². The van der Waals surface area contributed by atoms with E-state index in [2.05, 4.69) is 4.98 Å².